The predicted octanol–water partition coefficient (Wildman–Crippen LogP) is 6.72. The van der Waals surface area contributed by atoms with E-state index in [4.69, 9.17) is 14.5 Å². The monoisotopic (exact) mass is 634 g/mol. The third-order valence-electron chi connectivity index (χ3n) is 8.52. The van der Waals surface area contributed by atoms with Gasteiger partial charge in [0.2, 0.25) is 0 Å². The maximum atomic E-state index is 14.5. The summed E-state index contributed by atoms with van der Waals surface area (Å²) in [4.78, 5) is 38.6. The van der Waals surface area contributed by atoms with E-state index in [1.807, 2.05) is 83.8 Å². The molecule has 8 nitrogen and oxygen atoms in total. The van der Waals surface area contributed by atoms with E-state index in [1.54, 1.807) is 4.90 Å². The number of aromatic nitrogens is 1. The van der Waals surface area contributed by atoms with Crippen LogP contribution in [0.1, 0.15) is 58.9 Å². The van der Waals surface area contributed by atoms with Crippen LogP contribution in [0.2, 0.25) is 0 Å². The van der Waals surface area contributed by atoms with E-state index in [-0.39, 0.29) is 24.3 Å². The van der Waals surface area contributed by atoms with Crippen molar-refractivity contribution in [3.8, 4) is 17.0 Å². The van der Waals surface area contributed by atoms with E-state index in [9.17, 15) is 9.59 Å². The number of hydrogen-bond acceptors (Lipinski definition) is 6. The predicted molar refractivity (Wildman–Crippen MR) is 187 cm³/mol. The lowest BCUT2D eigenvalue weighted by atomic mass is 9.99. The smallest absolute Gasteiger partial charge is 0.256 e. The lowest BCUT2D eigenvalue weighted by molar-refractivity contribution is -0.122. The average Bonchev–Trinajstić information content (AvgIpc) is 3.11. The molecule has 0 N–H and O–H groups in total. The Bertz CT molecular complexity index is 1670. The van der Waals surface area contributed by atoms with Gasteiger partial charge in [0.25, 0.3) is 11.8 Å². The van der Waals surface area contributed by atoms with Crippen LogP contribution in [-0.2, 0) is 22.7 Å². The summed E-state index contributed by atoms with van der Waals surface area (Å²) in [5.41, 5.74) is 6.93. The Balaban J connectivity index is 1.49. The maximum Gasteiger partial charge on any atom is 0.256 e. The van der Waals surface area contributed by atoms with Crippen molar-refractivity contribution in [3.63, 3.8) is 0 Å². The summed E-state index contributed by atoms with van der Waals surface area (Å²) < 4.78 is 11.5. The van der Waals surface area contributed by atoms with E-state index in [0.717, 1.165) is 58.0 Å². The summed E-state index contributed by atoms with van der Waals surface area (Å²) in [6.07, 6.45) is 0.813. The first kappa shape index (κ1) is 33.8. The topological polar surface area (TPSA) is 75.2 Å². The van der Waals surface area contributed by atoms with Gasteiger partial charge in [0, 0.05) is 44.5 Å². The molecule has 3 aromatic carbocycles. The number of rotatable bonds is 8. The molecule has 0 spiro atoms. The van der Waals surface area contributed by atoms with E-state index in [0.29, 0.717) is 38.3 Å². The Kier molecular flexibility index (Phi) is 11.4. The maximum absolute atomic E-state index is 14.5. The number of anilines is 1. The number of ether oxygens (including phenoxy) is 2. The largest absolute Gasteiger partial charge is 0.488 e. The minimum Gasteiger partial charge on any atom is -0.488 e. The summed E-state index contributed by atoms with van der Waals surface area (Å²) >= 11 is 0. The summed E-state index contributed by atoms with van der Waals surface area (Å²) in [6, 6.07) is 27.9. The third kappa shape index (κ3) is 8.44. The van der Waals surface area contributed by atoms with Crippen LogP contribution in [0.3, 0.4) is 0 Å². The van der Waals surface area contributed by atoms with Gasteiger partial charge in [-0.15, -0.1) is 0 Å². The molecule has 1 aliphatic heterocycles. The van der Waals surface area contributed by atoms with E-state index < -0.39 is 0 Å². The van der Waals surface area contributed by atoms with Gasteiger partial charge < -0.3 is 24.2 Å². The van der Waals surface area contributed by atoms with Gasteiger partial charge in [0.15, 0.2) is 0 Å². The van der Waals surface area contributed by atoms with Crippen LogP contribution in [0.5, 0.6) is 5.75 Å². The number of carbonyl (C=O) groups is 2. The fourth-order valence-corrected chi connectivity index (χ4v) is 5.97. The molecule has 0 saturated heterocycles. The first-order valence-electron chi connectivity index (χ1n) is 16.4. The van der Waals surface area contributed by atoms with Gasteiger partial charge in [-0.25, -0.2) is 0 Å². The van der Waals surface area contributed by atoms with Crippen molar-refractivity contribution >= 4 is 17.5 Å². The number of pyridine rings is 1. The molecule has 246 valence electrons. The molecule has 0 radical (unpaired) electrons. The number of aryl methyl sites for hydroxylation is 1. The lowest BCUT2D eigenvalue weighted by Gasteiger charge is -2.28. The van der Waals surface area contributed by atoms with Crippen LogP contribution >= 0.6 is 0 Å². The molecule has 0 fully saturated rings. The molecule has 2 heterocycles. The SMILES string of the molecule is COCC(=O)N1CCCN(C)CCN(C(=O)c2ccc(-c3cc(C)ccc3OCc3ccccc3)nc2C(C)C)Cc2ccccc21. The quantitative estimate of drug-likeness (QED) is 0.214. The second-order valence-corrected chi connectivity index (χ2v) is 12.5. The number of amides is 2. The standard InChI is InChI=1S/C39H46N4O4/c1-28(2)38-32(17-18-34(40-38)33-24-29(3)16-19-36(33)47-26-30-12-7-6-8-13-30)39(45)42-23-22-41(4)20-11-21-43(37(44)27-46-5)35-15-10-9-14-31(35)25-42/h6-10,12-19,24,28H,11,20-23,25-27H2,1-5H3. The Hall–Kier alpha value is -4.53. The second kappa shape index (κ2) is 15.8. The molecule has 1 aromatic heterocycles. The van der Waals surface area contributed by atoms with Gasteiger partial charge in [-0.05, 0) is 74.3 Å². The lowest BCUT2D eigenvalue weighted by Crippen LogP contribution is -2.38. The number of hydrogen-bond donors (Lipinski definition) is 0. The van der Waals surface area contributed by atoms with Crippen molar-refractivity contribution in [2.24, 2.45) is 0 Å². The molecule has 0 aliphatic carbocycles. The van der Waals surface area contributed by atoms with Gasteiger partial charge >= 0.3 is 0 Å². The molecular formula is C39H46N4O4. The van der Waals surface area contributed by atoms with Crippen LogP contribution in [-0.4, -0.2) is 73.5 Å². The highest BCUT2D eigenvalue weighted by Crippen LogP contribution is 2.33. The van der Waals surface area contributed by atoms with Crippen LogP contribution < -0.4 is 9.64 Å². The average molecular weight is 635 g/mol. The Morgan fingerprint density at radius 1 is 0.894 bits per heavy atom. The molecular weight excluding hydrogens is 588 g/mol. The van der Waals surface area contributed by atoms with Crippen molar-refractivity contribution < 1.29 is 19.1 Å². The van der Waals surface area contributed by atoms with Gasteiger partial charge in [0.05, 0.1) is 17.0 Å². The molecule has 4 aromatic rings. The van der Waals surface area contributed by atoms with Gasteiger partial charge in [-0.2, -0.15) is 0 Å². The van der Waals surface area contributed by atoms with Crippen molar-refractivity contribution in [2.75, 3.05) is 51.8 Å². The van der Waals surface area contributed by atoms with E-state index in [1.165, 1.54) is 7.11 Å². The molecule has 0 saturated carbocycles. The highest BCUT2D eigenvalue weighted by atomic mass is 16.5. The number of likely N-dealkylation sites (N-methyl/N-ethyl adjacent to an activating group) is 1. The summed E-state index contributed by atoms with van der Waals surface area (Å²) in [6.45, 7) is 9.66. The molecule has 0 bridgehead atoms. The van der Waals surface area contributed by atoms with Crippen LogP contribution in [0.15, 0.2) is 84.9 Å². The van der Waals surface area contributed by atoms with Gasteiger partial charge in [-0.3, -0.25) is 14.6 Å². The highest BCUT2D eigenvalue weighted by molar-refractivity contribution is 5.97. The van der Waals surface area contributed by atoms with Crippen molar-refractivity contribution in [3.05, 3.63) is 113 Å². The normalized spacial score (nSPS) is 14.4. The van der Waals surface area contributed by atoms with Gasteiger partial charge in [0.1, 0.15) is 19.0 Å². The fraction of sp³-hybridized carbons (Fsp3) is 0.359. The van der Waals surface area contributed by atoms with Crippen molar-refractivity contribution in [1.82, 2.24) is 14.8 Å². The van der Waals surface area contributed by atoms with Crippen LogP contribution in [0.4, 0.5) is 5.69 Å². The molecule has 1 aliphatic rings. The summed E-state index contributed by atoms with van der Waals surface area (Å²) in [5.74, 6) is 0.591. The Morgan fingerprint density at radius 3 is 2.43 bits per heavy atom. The molecule has 5 rings (SSSR count). The van der Waals surface area contributed by atoms with Gasteiger partial charge in [-0.1, -0.05) is 74.0 Å². The zero-order valence-electron chi connectivity index (χ0n) is 28.2. The summed E-state index contributed by atoms with van der Waals surface area (Å²) in [5, 5.41) is 0. The minimum atomic E-state index is -0.0927. The van der Waals surface area contributed by atoms with Crippen molar-refractivity contribution in [2.45, 2.75) is 46.3 Å². The number of benzene rings is 3. The number of fused-ring (bicyclic) bond motifs is 1. The molecule has 47 heavy (non-hydrogen) atoms. The zero-order valence-corrected chi connectivity index (χ0v) is 28.2. The second-order valence-electron chi connectivity index (χ2n) is 12.5. The first-order valence-corrected chi connectivity index (χ1v) is 16.4. The number of nitrogens with zero attached hydrogens (tertiary/aromatic N) is 4. The molecule has 2 amide bonds. The highest BCUT2D eigenvalue weighted by Gasteiger charge is 2.26. The zero-order chi connectivity index (χ0) is 33.3. The van der Waals surface area contributed by atoms with Crippen LogP contribution in [0, 0.1) is 6.92 Å². The molecule has 0 unspecified atom stereocenters. The third-order valence-corrected chi connectivity index (χ3v) is 8.52. The molecule has 0 atom stereocenters. The van der Waals surface area contributed by atoms with Crippen LogP contribution in [0.25, 0.3) is 11.3 Å². The van der Waals surface area contributed by atoms with E-state index in [2.05, 4.69) is 38.8 Å². The minimum absolute atomic E-state index is 0.00251. The Labute approximate surface area is 278 Å². The van der Waals surface area contributed by atoms with Crippen molar-refractivity contribution in [1.29, 1.82) is 0 Å². The fourth-order valence-electron chi connectivity index (χ4n) is 5.97. The number of methoxy groups -OCH3 is 1. The first-order chi connectivity index (χ1) is 22.7. The summed E-state index contributed by atoms with van der Waals surface area (Å²) in [7, 11) is 3.59. The number of para-hydroxylation sites is 1. The van der Waals surface area contributed by atoms with E-state index >= 15 is 0 Å². The Morgan fingerprint density at radius 2 is 1.66 bits per heavy atom. The number of carbonyl (C=O) groups excluding carboxylic acids is 2. The molecule has 8 heteroatoms.